The van der Waals surface area contributed by atoms with Gasteiger partial charge in [-0.3, -0.25) is 4.79 Å². The van der Waals surface area contributed by atoms with Gasteiger partial charge in [-0.05, 0) is 25.2 Å². The first-order valence-corrected chi connectivity index (χ1v) is 6.16. The Morgan fingerprint density at radius 1 is 1.60 bits per heavy atom. The van der Waals surface area contributed by atoms with Crippen molar-refractivity contribution in [2.45, 2.75) is 56.9 Å². The van der Waals surface area contributed by atoms with Gasteiger partial charge in [0.25, 0.3) is 0 Å². The molecule has 1 aliphatic heterocycles. The van der Waals surface area contributed by atoms with E-state index in [0.29, 0.717) is 11.2 Å². The topological polar surface area (TPSA) is 49.3 Å². The molecule has 1 aliphatic rings. The van der Waals surface area contributed by atoms with Crippen molar-refractivity contribution < 1.29 is 9.90 Å². The summed E-state index contributed by atoms with van der Waals surface area (Å²) >= 11 is 4.50. The Labute approximate surface area is 97.0 Å². The SMILES string of the molecule is CC(C)CC(S)CCC1NC(=O)CC1O. The van der Waals surface area contributed by atoms with Gasteiger partial charge in [0.2, 0.25) is 5.91 Å². The maximum Gasteiger partial charge on any atom is 0.222 e. The van der Waals surface area contributed by atoms with Crippen LogP contribution >= 0.6 is 12.6 Å². The predicted octanol–water partition coefficient (Wildman–Crippen LogP) is 1.36. The summed E-state index contributed by atoms with van der Waals surface area (Å²) in [5, 5.41) is 12.7. The molecule has 2 N–H and O–H groups in total. The average Bonchev–Trinajstić information content (AvgIpc) is 2.40. The molecule has 0 spiro atoms. The zero-order chi connectivity index (χ0) is 11.4. The molecule has 3 nitrogen and oxygen atoms in total. The van der Waals surface area contributed by atoms with Gasteiger partial charge in [-0.2, -0.15) is 12.6 Å². The van der Waals surface area contributed by atoms with E-state index in [9.17, 15) is 9.90 Å². The molecule has 1 rings (SSSR count). The summed E-state index contributed by atoms with van der Waals surface area (Å²) < 4.78 is 0. The summed E-state index contributed by atoms with van der Waals surface area (Å²) in [6, 6.07) is -0.0562. The minimum atomic E-state index is -0.503. The van der Waals surface area contributed by atoms with Crippen LogP contribution in [-0.4, -0.2) is 28.4 Å². The lowest BCUT2D eigenvalue weighted by Crippen LogP contribution is -2.32. The normalized spacial score (nSPS) is 28.2. The molecule has 1 heterocycles. The summed E-state index contributed by atoms with van der Waals surface area (Å²) in [4.78, 5) is 11.0. The lowest BCUT2D eigenvalue weighted by atomic mass is 10.0. The van der Waals surface area contributed by atoms with E-state index >= 15 is 0 Å². The number of carbonyl (C=O) groups is 1. The van der Waals surface area contributed by atoms with Crippen LogP contribution in [0.25, 0.3) is 0 Å². The number of hydrogen-bond acceptors (Lipinski definition) is 3. The van der Waals surface area contributed by atoms with Gasteiger partial charge >= 0.3 is 0 Å². The van der Waals surface area contributed by atoms with Gasteiger partial charge in [0, 0.05) is 5.25 Å². The Morgan fingerprint density at radius 3 is 2.73 bits per heavy atom. The van der Waals surface area contributed by atoms with Crippen molar-refractivity contribution in [3.8, 4) is 0 Å². The third-order valence-corrected chi connectivity index (χ3v) is 3.23. The minimum Gasteiger partial charge on any atom is -0.390 e. The molecule has 0 aromatic rings. The zero-order valence-corrected chi connectivity index (χ0v) is 10.3. The zero-order valence-electron chi connectivity index (χ0n) is 9.44. The maximum absolute atomic E-state index is 11.0. The van der Waals surface area contributed by atoms with Crippen molar-refractivity contribution in [3.63, 3.8) is 0 Å². The van der Waals surface area contributed by atoms with Crippen molar-refractivity contribution in [2.24, 2.45) is 5.92 Å². The molecular weight excluding hydrogens is 210 g/mol. The van der Waals surface area contributed by atoms with Crippen molar-refractivity contribution in [2.75, 3.05) is 0 Å². The van der Waals surface area contributed by atoms with E-state index < -0.39 is 6.10 Å². The maximum atomic E-state index is 11.0. The molecule has 3 unspecified atom stereocenters. The number of amides is 1. The van der Waals surface area contributed by atoms with Crippen LogP contribution in [0.2, 0.25) is 0 Å². The second-order valence-corrected chi connectivity index (χ2v) is 5.54. The molecule has 1 amide bonds. The first-order valence-electron chi connectivity index (χ1n) is 5.64. The van der Waals surface area contributed by atoms with E-state index in [-0.39, 0.29) is 18.4 Å². The number of rotatable bonds is 5. The first-order chi connectivity index (χ1) is 6.99. The third-order valence-electron chi connectivity index (χ3n) is 2.76. The van der Waals surface area contributed by atoms with E-state index in [0.717, 1.165) is 19.3 Å². The third kappa shape index (κ3) is 4.43. The molecule has 0 bridgehead atoms. The Bertz CT molecular complexity index is 221. The van der Waals surface area contributed by atoms with Crippen molar-refractivity contribution in [1.29, 1.82) is 0 Å². The Kier molecular flexibility index (Phi) is 4.93. The van der Waals surface area contributed by atoms with Crippen LogP contribution in [0.1, 0.15) is 39.5 Å². The highest BCUT2D eigenvalue weighted by Crippen LogP contribution is 2.19. The van der Waals surface area contributed by atoms with E-state index in [1.807, 2.05) is 0 Å². The smallest absolute Gasteiger partial charge is 0.222 e. The fourth-order valence-corrected chi connectivity index (χ4v) is 2.56. The molecule has 1 fully saturated rings. The highest BCUT2D eigenvalue weighted by molar-refractivity contribution is 7.80. The van der Waals surface area contributed by atoms with Crippen LogP contribution in [0.5, 0.6) is 0 Å². The van der Waals surface area contributed by atoms with Gasteiger partial charge in [-0.25, -0.2) is 0 Å². The molecule has 4 heteroatoms. The molecule has 88 valence electrons. The van der Waals surface area contributed by atoms with E-state index in [1.54, 1.807) is 0 Å². The number of nitrogens with one attached hydrogen (secondary N) is 1. The molecule has 1 saturated heterocycles. The van der Waals surface area contributed by atoms with Crippen LogP contribution < -0.4 is 5.32 Å². The summed E-state index contributed by atoms with van der Waals surface area (Å²) in [7, 11) is 0. The molecule has 0 aromatic carbocycles. The van der Waals surface area contributed by atoms with E-state index in [2.05, 4.69) is 31.8 Å². The highest BCUT2D eigenvalue weighted by atomic mass is 32.1. The monoisotopic (exact) mass is 231 g/mol. The first kappa shape index (κ1) is 12.8. The molecular formula is C11H21NO2S. The van der Waals surface area contributed by atoms with Gasteiger partial charge in [-0.1, -0.05) is 13.8 Å². The molecule has 3 atom stereocenters. The quantitative estimate of drug-likeness (QED) is 0.626. The second-order valence-electron chi connectivity index (χ2n) is 4.81. The fraction of sp³-hybridized carbons (Fsp3) is 0.909. The Hall–Kier alpha value is -0.220. The van der Waals surface area contributed by atoms with Crippen LogP contribution in [-0.2, 0) is 4.79 Å². The van der Waals surface area contributed by atoms with Crippen LogP contribution in [0.15, 0.2) is 0 Å². The predicted molar refractivity (Wildman–Crippen MR) is 64.0 cm³/mol. The standard InChI is InChI=1S/C11H21NO2S/c1-7(2)5-8(15)3-4-9-10(13)6-11(14)12-9/h7-10,13,15H,3-6H2,1-2H3,(H,12,14). The average molecular weight is 231 g/mol. The van der Waals surface area contributed by atoms with Crippen LogP contribution in [0.4, 0.5) is 0 Å². The molecule has 0 radical (unpaired) electrons. The minimum absolute atomic E-state index is 0.0351. The van der Waals surface area contributed by atoms with Gasteiger partial charge in [0.05, 0.1) is 18.6 Å². The van der Waals surface area contributed by atoms with Crippen molar-refractivity contribution in [1.82, 2.24) is 5.32 Å². The van der Waals surface area contributed by atoms with Gasteiger partial charge in [0.15, 0.2) is 0 Å². The number of thiol groups is 1. The molecule has 0 aromatic heterocycles. The van der Waals surface area contributed by atoms with E-state index in [1.165, 1.54) is 0 Å². The number of aliphatic hydroxyl groups is 1. The number of hydrogen-bond donors (Lipinski definition) is 3. The molecule has 0 saturated carbocycles. The van der Waals surface area contributed by atoms with Crippen molar-refractivity contribution >= 4 is 18.5 Å². The van der Waals surface area contributed by atoms with Crippen LogP contribution in [0, 0.1) is 5.92 Å². The summed E-state index contributed by atoms with van der Waals surface area (Å²) in [5.74, 6) is 0.614. The second kappa shape index (κ2) is 5.75. The Balaban J connectivity index is 2.22. The number of carbonyl (C=O) groups excluding carboxylic acids is 1. The number of aliphatic hydroxyl groups excluding tert-OH is 1. The lowest BCUT2D eigenvalue weighted by Gasteiger charge is -2.18. The molecule has 0 aliphatic carbocycles. The highest BCUT2D eigenvalue weighted by Gasteiger charge is 2.30. The van der Waals surface area contributed by atoms with E-state index in [4.69, 9.17) is 0 Å². The molecule has 15 heavy (non-hydrogen) atoms. The Morgan fingerprint density at radius 2 is 2.27 bits per heavy atom. The van der Waals surface area contributed by atoms with Gasteiger partial charge in [-0.15, -0.1) is 0 Å². The summed E-state index contributed by atoms with van der Waals surface area (Å²) in [5.41, 5.74) is 0. The largest absolute Gasteiger partial charge is 0.390 e. The summed E-state index contributed by atoms with van der Waals surface area (Å²) in [6.07, 6.45) is 2.61. The lowest BCUT2D eigenvalue weighted by molar-refractivity contribution is -0.119. The van der Waals surface area contributed by atoms with Gasteiger partial charge < -0.3 is 10.4 Å². The van der Waals surface area contributed by atoms with Crippen LogP contribution in [0.3, 0.4) is 0 Å². The summed E-state index contributed by atoms with van der Waals surface area (Å²) in [6.45, 7) is 4.35. The van der Waals surface area contributed by atoms with Gasteiger partial charge in [0.1, 0.15) is 0 Å². The fourth-order valence-electron chi connectivity index (χ4n) is 1.99. The van der Waals surface area contributed by atoms with Crippen molar-refractivity contribution in [3.05, 3.63) is 0 Å².